The average molecular weight is 452 g/mol. The van der Waals surface area contributed by atoms with Gasteiger partial charge in [0.25, 0.3) is 0 Å². The summed E-state index contributed by atoms with van der Waals surface area (Å²) in [5.74, 6) is 0.820. The number of H-pyrrole nitrogens is 1. The Labute approximate surface area is 188 Å². The van der Waals surface area contributed by atoms with Gasteiger partial charge in [0.05, 0.1) is 11.9 Å². The average Bonchev–Trinajstić information content (AvgIpc) is 3.33. The van der Waals surface area contributed by atoms with E-state index in [1.54, 1.807) is 12.4 Å². The maximum Gasteiger partial charge on any atom is 0.416 e. The molecule has 1 fully saturated rings. The Balaban J connectivity index is 1.42. The largest absolute Gasteiger partial charge is 0.416 e. The minimum absolute atomic E-state index is 0.256. The number of alkyl halides is 3. The van der Waals surface area contributed by atoms with Gasteiger partial charge in [-0.2, -0.15) is 13.2 Å². The van der Waals surface area contributed by atoms with Crippen LogP contribution in [-0.2, 0) is 11.6 Å². The van der Waals surface area contributed by atoms with E-state index in [0.29, 0.717) is 17.8 Å². The van der Waals surface area contributed by atoms with Gasteiger partial charge in [0.15, 0.2) is 11.5 Å². The van der Waals surface area contributed by atoms with Crippen LogP contribution in [-0.4, -0.2) is 39.6 Å². The molecule has 9 heteroatoms. The summed E-state index contributed by atoms with van der Waals surface area (Å²) in [6.07, 6.45) is 0.350. The molecular formula is C24H23F3N6. The van der Waals surface area contributed by atoms with Crippen molar-refractivity contribution in [2.45, 2.75) is 24.4 Å². The Bertz CT molecular complexity index is 1270. The highest BCUT2D eigenvalue weighted by molar-refractivity contribution is 5.82. The van der Waals surface area contributed by atoms with Crippen LogP contribution in [0.2, 0.25) is 0 Å². The van der Waals surface area contributed by atoms with Gasteiger partial charge in [0.1, 0.15) is 11.8 Å². The normalized spacial score (nSPS) is 16.3. The second-order valence-electron chi connectivity index (χ2n) is 8.43. The van der Waals surface area contributed by atoms with Crippen molar-refractivity contribution in [2.24, 2.45) is 5.73 Å². The second kappa shape index (κ2) is 8.15. The molecule has 1 aliphatic rings. The highest BCUT2D eigenvalue weighted by Crippen LogP contribution is 2.39. The molecule has 0 aliphatic carbocycles. The lowest BCUT2D eigenvalue weighted by Crippen LogP contribution is -2.47. The Morgan fingerprint density at radius 1 is 0.970 bits per heavy atom. The fraction of sp³-hybridized carbons (Fsp3) is 0.292. The number of nitrogens with two attached hydrogens (primary N) is 1. The lowest BCUT2D eigenvalue weighted by molar-refractivity contribution is -0.137. The van der Waals surface area contributed by atoms with Gasteiger partial charge < -0.3 is 15.6 Å². The van der Waals surface area contributed by atoms with Crippen molar-refractivity contribution in [1.29, 1.82) is 0 Å². The van der Waals surface area contributed by atoms with Gasteiger partial charge in [0.2, 0.25) is 0 Å². The van der Waals surface area contributed by atoms with E-state index in [4.69, 9.17) is 5.73 Å². The number of nitrogens with one attached hydrogen (secondary N) is 1. The van der Waals surface area contributed by atoms with Crippen LogP contribution >= 0.6 is 0 Å². The topological polar surface area (TPSA) is 83.7 Å². The third-order valence-corrected chi connectivity index (χ3v) is 6.61. The van der Waals surface area contributed by atoms with Crippen molar-refractivity contribution >= 4 is 17.0 Å². The summed E-state index contributed by atoms with van der Waals surface area (Å²) in [6.45, 7) is 1.95. The molecule has 0 bridgehead atoms. The molecule has 3 heterocycles. The van der Waals surface area contributed by atoms with Gasteiger partial charge in [-0.05, 0) is 41.7 Å². The predicted molar refractivity (Wildman–Crippen MR) is 121 cm³/mol. The molecule has 0 saturated carbocycles. The number of aromatic nitrogens is 4. The fourth-order valence-corrected chi connectivity index (χ4v) is 4.65. The van der Waals surface area contributed by atoms with Gasteiger partial charge >= 0.3 is 6.18 Å². The second-order valence-corrected chi connectivity index (χ2v) is 8.43. The van der Waals surface area contributed by atoms with Crippen molar-refractivity contribution < 1.29 is 13.2 Å². The summed E-state index contributed by atoms with van der Waals surface area (Å²) in [6, 6.07) is 13.2. The Kier molecular flexibility index (Phi) is 5.28. The molecule has 5 rings (SSSR count). The van der Waals surface area contributed by atoms with E-state index in [9.17, 15) is 13.2 Å². The molecule has 2 aromatic heterocycles. The maximum absolute atomic E-state index is 13.2. The van der Waals surface area contributed by atoms with Crippen molar-refractivity contribution in [3.63, 3.8) is 0 Å². The molecule has 3 N–H and O–H groups in total. The van der Waals surface area contributed by atoms with Crippen LogP contribution in [0.15, 0.2) is 61.2 Å². The highest BCUT2D eigenvalue weighted by Gasteiger charge is 2.36. The summed E-state index contributed by atoms with van der Waals surface area (Å²) < 4.78 is 39.6. The third kappa shape index (κ3) is 3.93. The monoisotopic (exact) mass is 452 g/mol. The highest BCUT2D eigenvalue weighted by atomic mass is 19.4. The van der Waals surface area contributed by atoms with E-state index < -0.39 is 11.7 Å². The molecule has 2 aromatic carbocycles. The molecule has 1 saturated heterocycles. The Morgan fingerprint density at radius 3 is 2.42 bits per heavy atom. The van der Waals surface area contributed by atoms with Crippen LogP contribution < -0.4 is 10.6 Å². The number of aromatic amines is 1. The van der Waals surface area contributed by atoms with Gasteiger partial charge in [0, 0.05) is 25.0 Å². The SMILES string of the molecule is NCC1(c2cccc(-c3cccc(C(F)(F)F)c3)c2)CCN(c2ncnc3nc[nH]c23)CC1. The molecular weight excluding hydrogens is 429 g/mol. The summed E-state index contributed by atoms with van der Waals surface area (Å²) in [5.41, 5.74) is 9.17. The number of anilines is 1. The van der Waals surface area contributed by atoms with Crippen LogP contribution in [0.3, 0.4) is 0 Å². The maximum atomic E-state index is 13.2. The number of hydrogen-bond donors (Lipinski definition) is 2. The molecule has 4 aromatic rings. The van der Waals surface area contributed by atoms with E-state index in [2.05, 4.69) is 24.8 Å². The van der Waals surface area contributed by atoms with E-state index >= 15 is 0 Å². The van der Waals surface area contributed by atoms with Crippen LogP contribution in [0.5, 0.6) is 0 Å². The number of fused-ring (bicyclic) bond motifs is 1. The lowest BCUT2D eigenvalue weighted by atomic mass is 9.72. The number of hydrogen-bond acceptors (Lipinski definition) is 5. The molecule has 33 heavy (non-hydrogen) atoms. The first-order chi connectivity index (χ1) is 15.9. The molecule has 0 spiro atoms. The first-order valence-electron chi connectivity index (χ1n) is 10.8. The number of benzene rings is 2. The zero-order chi connectivity index (χ0) is 23.1. The smallest absolute Gasteiger partial charge is 0.355 e. The number of halogens is 3. The number of imidazole rings is 1. The van der Waals surface area contributed by atoms with Crippen molar-refractivity contribution in [3.8, 4) is 11.1 Å². The van der Waals surface area contributed by atoms with Gasteiger partial charge in [-0.25, -0.2) is 15.0 Å². The molecule has 0 amide bonds. The van der Waals surface area contributed by atoms with Gasteiger partial charge in [-0.3, -0.25) is 0 Å². The van der Waals surface area contributed by atoms with E-state index in [1.165, 1.54) is 18.5 Å². The zero-order valence-electron chi connectivity index (χ0n) is 17.8. The van der Waals surface area contributed by atoms with Crippen LogP contribution in [0.1, 0.15) is 24.0 Å². The summed E-state index contributed by atoms with van der Waals surface area (Å²) in [7, 11) is 0. The minimum atomic E-state index is -4.38. The summed E-state index contributed by atoms with van der Waals surface area (Å²) in [4.78, 5) is 18.1. The zero-order valence-corrected chi connectivity index (χ0v) is 17.8. The first-order valence-corrected chi connectivity index (χ1v) is 10.8. The fourth-order valence-electron chi connectivity index (χ4n) is 4.65. The first kappa shape index (κ1) is 21.4. The van der Waals surface area contributed by atoms with Gasteiger partial charge in [-0.1, -0.05) is 36.4 Å². The van der Waals surface area contributed by atoms with Crippen LogP contribution in [0, 0.1) is 0 Å². The van der Waals surface area contributed by atoms with Crippen molar-refractivity contribution in [1.82, 2.24) is 19.9 Å². The molecule has 1 aliphatic heterocycles. The predicted octanol–water partition coefficient (Wildman–Crippen LogP) is 4.54. The minimum Gasteiger partial charge on any atom is -0.355 e. The molecule has 170 valence electrons. The number of piperidine rings is 1. The third-order valence-electron chi connectivity index (χ3n) is 6.61. The van der Waals surface area contributed by atoms with Crippen molar-refractivity contribution in [3.05, 3.63) is 72.3 Å². The Morgan fingerprint density at radius 2 is 1.70 bits per heavy atom. The standard InChI is InChI=1S/C24H23F3N6/c25-24(26,27)19-6-2-4-17(12-19)16-3-1-5-18(11-16)23(13-28)7-9-33(10-8-23)22-20-21(30-14-29-20)31-15-32-22/h1-6,11-12,14-15H,7-10,13,28H2,(H,29,30,31,32). The molecule has 0 unspecified atom stereocenters. The summed E-state index contributed by atoms with van der Waals surface area (Å²) >= 11 is 0. The van der Waals surface area contributed by atoms with Gasteiger partial charge in [-0.15, -0.1) is 0 Å². The van der Waals surface area contributed by atoms with Crippen LogP contribution in [0.25, 0.3) is 22.3 Å². The lowest BCUT2D eigenvalue weighted by Gasteiger charge is -2.42. The Hall–Kier alpha value is -3.46. The molecule has 6 nitrogen and oxygen atoms in total. The van der Waals surface area contributed by atoms with E-state index in [0.717, 1.165) is 54.5 Å². The quantitative estimate of drug-likeness (QED) is 0.475. The molecule has 0 radical (unpaired) electrons. The van der Waals surface area contributed by atoms with Crippen molar-refractivity contribution in [2.75, 3.05) is 24.5 Å². The molecule has 0 atom stereocenters. The number of rotatable bonds is 4. The van der Waals surface area contributed by atoms with E-state index in [1.807, 2.05) is 24.3 Å². The summed E-state index contributed by atoms with van der Waals surface area (Å²) in [5, 5.41) is 0. The van der Waals surface area contributed by atoms with E-state index in [-0.39, 0.29) is 5.41 Å². The number of nitrogens with zero attached hydrogens (tertiary/aromatic N) is 4. The van der Waals surface area contributed by atoms with Crippen LogP contribution in [0.4, 0.5) is 19.0 Å².